The van der Waals surface area contributed by atoms with Gasteiger partial charge in [-0.15, -0.1) is 24.0 Å². The van der Waals surface area contributed by atoms with Gasteiger partial charge in [0.15, 0.2) is 5.96 Å². The monoisotopic (exact) mass is 454 g/mol. The summed E-state index contributed by atoms with van der Waals surface area (Å²) in [5.41, 5.74) is 0. The molecule has 0 aromatic rings. The predicted molar refractivity (Wildman–Crippen MR) is 106 cm³/mol. The molecule has 1 amide bonds. The molecule has 1 fully saturated rings. The molecular weight excluding hydrogens is 423 g/mol. The highest BCUT2D eigenvalue weighted by molar-refractivity contribution is 14.0. The second-order valence-corrected chi connectivity index (χ2v) is 5.71. The number of rotatable bonds is 8. The third-order valence-electron chi connectivity index (χ3n) is 3.99. The molecule has 1 saturated heterocycles. The fourth-order valence-electron chi connectivity index (χ4n) is 2.60. The van der Waals surface area contributed by atoms with Crippen molar-refractivity contribution in [1.29, 1.82) is 0 Å². The highest BCUT2D eigenvalue weighted by Crippen LogP contribution is 2.10. The lowest BCUT2D eigenvalue weighted by Gasteiger charge is -2.18. The van der Waals surface area contributed by atoms with Crippen LogP contribution in [0, 0.1) is 0 Å². The minimum Gasteiger partial charge on any atom is -0.469 e. The molecule has 0 aliphatic carbocycles. The molecule has 0 aromatic heterocycles. The van der Waals surface area contributed by atoms with Gasteiger partial charge in [0.05, 0.1) is 7.11 Å². The number of hydrogen-bond acceptors (Lipinski definition) is 4. The van der Waals surface area contributed by atoms with E-state index in [0.29, 0.717) is 12.8 Å². The molecule has 1 atom stereocenters. The standard InChI is InChI=1S/C16H30N4O3.HI/c1-4-14(21)20-11-9-13(12-20)19-16(17-2)18-10-7-5-6-8-15(22)23-3;/h13H,4-12H2,1-3H3,(H2,17,18,19);1H. The summed E-state index contributed by atoms with van der Waals surface area (Å²) in [6.07, 6.45) is 4.78. The average molecular weight is 454 g/mol. The molecule has 0 aromatic carbocycles. The molecule has 24 heavy (non-hydrogen) atoms. The Hall–Kier alpha value is -1.06. The number of likely N-dealkylation sites (tertiary alicyclic amines) is 1. The van der Waals surface area contributed by atoms with Crippen LogP contribution in [-0.2, 0) is 14.3 Å². The number of amides is 1. The molecule has 0 bridgehead atoms. The van der Waals surface area contributed by atoms with E-state index >= 15 is 0 Å². The summed E-state index contributed by atoms with van der Waals surface area (Å²) in [6.45, 7) is 4.26. The Kier molecular flexibility index (Phi) is 12.7. The Morgan fingerprint density at radius 3 is 2.67 bits per heavy atom. The third kappa shape index (κ3) is 8.70. The summed E-state index contributed by atoms with van der Waals surface area (Å²) in [4.78, 5) is 28.8. The van der Waals surface area contributed by atoms with Crippen molar-refractivity contribution in [1.82, 2.24) is 15.5 Å². The molecule has 1 aliphatic heterocycles. The number of methoxy groups -OCH3 is 1. The number of halogens is 1. The van der Waals surface area contributed by atoms with Crippen LogP contribution in [0.1, 0.15) is 45.4 Å². The highest BCUT2D eigenvalue weighted by Gasteiger charge is 2.25. The molecule has 0 spiro atoms. The van der Waals surface area contributed by atoms with Crippen LogP contribution >= 0.6 is 24.0 Å². The van der Waals surface area contributed by atoms with E-state index in [1.54, 1.807) is 7.05 Å². The molecule has 140 valence electrons. The molecule has 0 saturated carbocycles. The lowest BCUT2D eigenvalue weighted by molar-refractivity contribution is -0.140. The second-order valence-electron chi connectivity index (χ2n) is 5.71. The van der Waals surface area contributed by atoms with Gasteiger partial charge < -0.3 is 20.3 Å². The molecule has 2 N–H and O–H groups in total. The normalized spacial score (nSPS) is 17.2. The molecule has 1 heterocycles. The number of esters is 1. The van der Waals surface area contributed by atoms with Crippen molar-refractivity contribution in [2.45, 2.75) is 51.5 Å². The largest absolute Gasteiger partial charge is 0.469 e. The van der Waals surface area contributed by atoms with E-state index in [4.69, 9.17) is 0 Å². The van der Waals surface area contributed by atoms with Crippen LogP contribution in [0.3, 0.4) is 0 Å². The molecule has 1 rings (SSSR count). The maximum absolute atomic E-state index is 11.7. The number of guanidine groups is 1. The highest BCUT2D eigenvalue weighted by atomic mass is 127. The zero-order chi connectivity index (χ0) is 17.1. The van der Waals surface area contributed by atoms with Crippen LogP contribution in [0.4, 0.5) is 0 Å². The average Bonchev–Trinajstić information content (AvgIpc) is 3.04. The fourth-order valence-corrected chi connectivity index (χ4v) is 2.60. The maximum atomic E-state index is 11.7. The van der Waals surface area contributed by atoms with Crippen molar-refractivity contribution in [3.63, 3.8) is 0 Å². The van der Waals surface area contributed by atoms with Gasteiger partial charge in [0.2, 0.25) is 5.91 Å². The van der Waals surface area contributed by atoms with Crippen molar-refractivity contribution >= 4 is 41.8 Å². The molecule has 1 unspecified atom stereocenters. The molecular formula is C16H31IN4O3. The summed E-state index contributed by atoms with van der Waals surface area (Å²) < 4.78 is 4.61. The lowest BCUT2D eigenvalue weighted by Crippen LogP contribution is -2.45. The maximum Gasteiger partial charge on any atom is 0.305 e. The number of hydrogen-bond donors (Lipinski definition) is 2. The van der Waals surface area contributed by atoms with Gasteiger partial charge in [-0.2, -0.15) is 0 Å². The smallest absolute Gasteiger partial charge is 0.305 e. The van der Waals surface area contributed by atoms with E-state index < -0.39 is 0 Å². The van der Waals surface area contributed by atoms with E-state index in [1.807, 2.05) is 11.8 Å². The number of ether oxygens (including phenoxy) is 1. The van der Waals surface area contributed by atoms with Crippen LogP contribution in [0.2, 0.25) is 0 Å². The Morgan fingerprint density at radius 2 is 2.04 bits per heavy atom. The van der Waals surface area contributed by atoms with E-state index in [1.165, 1.54) is 7.11 Å². The summed E-state index contributed by atoms with van der Waals surface area (Å²) in [6, 6.07) is 0.260. The number of nitrogens with zero attached hydrogens (tertiary/aromatic N) is 2. The summed E-state index contributed by atoms with van der Waals surface area (Å²) in [7, 11) is 3.16. The lowest BCUT2D eigenvalue weighted by atomic mass is 10.2. The van der Waals surface area contributed by atoms with Crippen LogP contribution in [0.15, 0.2) is 4.99 Å². The van der Waals surface area contributed by atoms with Gasteiger partial charge in [-0.25, -0.2) is 0 Å². The fraction of sp³-hybridized carbons (Fsp3) is 0.812. The predicted octanol–water partition coefficient (Wildman–Crippen LogP) is 1.51. The number of carbonyl (C=O) groups is 2. The second kappa shape index (κ2) is 13.3. The van der Waals surface area contributed by atoms with Gasteiger partial charge in [-0.05, 0) is 19.3 Å². The van der Waals surface area contributed by atoms with Crippen LogP contribution < -0.4 is 10.6 Å². The van der Waals surface area contributed by atoms with Crippen molar-refractivity contribution in [3.05, 3.63) is 0 Å². The van der Waals surface area contributed by atoms with E-state index in [2.05, 4.69) is 20.4 Å². The Balaban J connectivity index is 0.00000529. The van der Waals surface area contributed by atoms with E-state index in [-0.39, 0.29) is 41.9 Å². The van der Waals surface area contributed by atoms with Crippen molar-refractivity contribution in [3.8, 4) is 0 Å². The number of aliphatic imine (C=N–C) groups is 1. The van der Waals surface area contributed by atoms with Gasteiger partial charge >= 0.3 is 5.97 Å². The number of carbonyl (C=O) groups excluding carboxylic acids is 2. The van der Waals surface area contributed by atoms with Crippen LogP contribution in [-0.4, -0.2) is 62.6 Å². The Morgan fingerprint density at radius 1 is 1.29 bits per heavy atom. The minimum absolute atomic E-state index is 0. The molecule has 8 heteroatoms. The molecule has 1 aliphatic rings. The molecule has 0 radical (unpaired) electrons. The Labute approximate surface area is 162 Å². The minimum atomic E-state index is -0.150. The first-order chi connectivity index (χ1) is 11.1. The van der Waals surface area contributed by atoms with E-state index in [9.17, 15) is 9.59 Å². The summed E-state index contributed by atoms with van der Waals surface area (Å²) in [5.74, 6) is 0.833. The zero-order valence-electron chi connectivity index (χ0n) is 15.0. The van der Waals surface area contributed by atoms with Crippen molar-refractivity contribution < 1.29 is 14.3 Å². The topological polar surface area (TPSA) is 83.0 Å². The van der Waals surface area contributed by atoms with Gasteiger partial charge in [0.1, 0.15) is 0 Å². The van der Waals surface area contributed by atoms with Crippen molar-refractivity contribution in [2.24, 2.45) is 4.99 Å². The first-order valence-corrected chi connectivity index (χ1v) is 8.42. The zero-order valence-corrected chi connectivity index (χ0v) is 17.3. The van der Waals surface area contributed by atoms with E-state index in [0.717, 1.165) is 51.3 Å². The van der Waals surface area contributed by atoms with Gasteiger partial charge in [0, 0.05) is 45.6 Å². The summed E-state index contributed by atoms with van der Waals surface area (Å²) >= 11 is 0. The quantitative estimate of drug-likeness (QED) is 0.191. The number of unbranched alkanes of at least 4 members (excludes halogenated alkanes) is 2. The van der Waals surface area contributed by atoms with Gasteiger partial charge in [-0.1, -0.05) is 13.3 Å². The van der Waals surface area contributed by atoms with Crippen LogP contribution in [0.25, 0.3) is 0 Å². The molecule has 7 nitrogen and oxygen atoms in total. The first kappa shape index (κ1) is 22.9. The summed E-state index contributed by atoms with van der Waals surface area (Å²) in [5, 5.41) is 6.64. The third-order valence-corrected chi connectivity index (χ3v) is 3.99. The first-order valence-electron chi connectivity index (χ1n) is 8.42. The SMILES string of the molecule is CCC(=O)N1CCC(NC(=NC)NCCCCCC(=O)OC)C1.I. The van der Waals surface area contributed by atoms with Gasteiger partial charge in [0.25, 0.3) is 0 Å². The Bertz CT molecular complexity index is 418. The van der Waals surface area contributed by atoms with Crippen LogP contribution in [0.5, 0.6) is 0 Å². The van der Waals surface area contributed by atoms with Gasteiger partial charge in [-0.3, -0.25) is 14.6 Å². The number of nitrogens with one attached hydrogen (secondary N) is 2. The van der Waals surface area contributed by atoms with Crippen molar-refractivity contribution in [2.75, 3.05) is 33.8 Å².